The van der Waals surface area contributed by atoms with E-state index in [4.69, 9.17) is 23.2 Å². The van der Waals surface area contributed by atoms with Crippen LogP contribution in [-0.2, 0) is 0 Å². The summed E-state index contributed by atoms with van der Waals surface area (Å²) in [6.07, 6.45) is 0. The fourth-order valence-corrected chi connectivity index (χ4v) is 15.8. The van der Waals surface area contributed by atoms with Crippen LogP contribution in [0.5, 0.6) is 0 Å². The number of para-hydroxylation sites is 6. The van der Waals surface area contributed by atoms with Crippen LogP contribution in [0.1, 0.15) is 0 Å². The second-order valence-electron chi connectivity index (χ2n) is 25.6. The Labute approximate surface area is 545 Å². The van der Waals surface area contributed by atoms with Crippen molar-refractivity contribution in [2.75, 3.05) is 0 Å². The van der Waals surface area contributed by atoms with Crippen molar-refractivity contribution >= 4 is 164 Å². The standard InChI is InChI=1S/C88H49N5O3/c1-7-19-76-62(13-1)68-43-71-65-16-4-10-22-82(65)94-85(71)47-79(68)91(76)59-34-31-50-37-56(28-25-53(50)40-59)74-46-75(57-29-26-54-41-60(35-32-51(54)38-57)92-77-20-8-2-14-63(77)69-44-72-66-17-5-11-23-83(66)95-86(72)48-80(69)92)90-88(89-74)58-30-27-55-42-61(36-33-52(55)39-58)93-78-21-9-3-15-64(78)70-45-73-67-18-6-12-24-84(67)96-87(73)49-81(70)93/h1-49H. The zero-order valence-corrected chi connectivity index (χ0v) is 51.3. The third-order valence-corrected chi connectivity index (χ3v) is 20.3. The van der Waals surface area contributed by atoms with Crippen LogP contribution in [0.25, 0.3) is 215 Å². The average molecular weight is 1220 g/mol. The van der Waals surface area contributed by atoms with E-state index in [-0.39, 0.29) is 0 Å². The first-order valence-electron chi connectivity index (χ1n) is 32.6. The summed E-state index contributed by atoms with van der Waals surface area (Å²) in [5.41, 5.74) is 19.8. The van der Waals surface area contributed by atoms with Crippen molar-refractivity contribution in [1.29, 1.82) is 0 Å². The highest BCUT2D eigenvalue weighted by Gasteiger charge is 2.22. The summed E-state index contributed by atoms with van der Waals surface area (Å²) in [6, 6.07) is 107. The minimum Gasteiger partial charge on any atom is -0.456 e. The predicted octanol–water partition coefficient (Wildman–Crippen LogP) is 23.9. The number of hydrogen-bond donors (Lipinski definition) is 0. The Balaban J connectivity index is 0.672. The molecule has 7 aromatic heterocycles. The van der Waals surface area contributed by atoms with E-state index in [0.29, 0.717) is 5.82 Å². The number of rotatable bonds is 6. The Kier molecular flexibility index (Phi) is 10.4. The Hall–Kier alpha value is -13.0. The maximum Gasteiger partial charge on any atom is 0.160 e. The third-order valence-electron chi connectivity index (χ3n) is 20.3. The van der Waals surface area contributed by atoms with Crippen LogP contribution < -0.4 is 0 Å². The predicted molar refractivity (Wildman–Crippen MR) is 396 cm³/mol. The summed E-state index contributed by atoms with van der Waals surface area (Å²) in [5, 5.41) is 20.6. The molecule has 0 fully saturated rings. The number of hydrogen-bond acceptors (Lipinski definition) is 5. The lowest BCUT2D eigenvalue weighted by Gasteiger charge is -2.13. The molecule has 15 aromatic carbocycles. The number of benzene rings is 15. The summed E-state index contributed by atoms with van der Waals surface area (Å²) in [5.74, 6) is 0.645. The van der Waals surface area contributed by atoms with Gasteiger partial charge in [0.1, 0.15) is 33.5 Å². The van der Waals surface area contributed by atoms with Crippen molar-refractivity contribution in [1.82, 2.24) is 23.7 Å². The van der Waals surface area contributed by atoms with E-state index in [0.717, 1.165) is 176 Å². The lowest BCUT2D eigenvalue weighted by atomic mass is 10.0. The van der Waals surface area contributed by atoms with Crippen LogP contribution >= 0.6 is 0 Å². The Morgan fingerprint density at radius 3 is 0.875 bits per heavy atom. The van der Waals surface area contributed by atoms with Crippen molar-refractivity contribution in [3.05, 3.63) is 297 Å². The van der Waals surface area contributed by atoms with Gasteiger partial charge in [0.15, 0.2) is 5.82 Å². The fourth-order valence-electron chi connectivity index (χ4n) is 15.8. The van der Waals surface area contributed by atoms with Crippen LogP contribution in [0.4, 0.5) is 0 Å². The highest BCUT2D eigenvalue weighted by molar-refractivity contribution is 6.21. The normalized spacial score (nSPS) is 12.4. The monoisotopic (exact) mass is 1220 g/mol. The molecule has 0 saturated heterocycles. The molecular weight excluding hydrogens is 1170 g/mol. The number of aromatic nitrogens is 5. The van der Waals surface area contributed by atoms with Gasteiger partial charge in [0.25, 0.3) is 0 Å². The lowest BCUT2D eigenvalue weighted by Crippen LogP contribution is -1.97. The second kappa shape index (κ2) is 19.3. The first kappa shape index (κ1) is 51.6. The minimum absolute atomic E-state index is 0.645. The minimum atomic E-state index is 0.645. The van der Waals surface area contributed by atoms with Crippen LogP contribution in [-0.4, -0.2) is 23.7 Å². The molecular formula is C88H49N5O3. The smallest absolute Gasteiger partial charge is 0.160 e. The molecule has 0 aliphatic rings. The zero-order valence-electron chi connectivity index (χ0n) is 51.3. The van der Waals surface area contributed by atoms with E-state index in [2.05, 4.69) is 275 Å². The first-order chi connectivity index (χ1) is 47.5. The van der Waals surface area contributed by atoms with Gasteiger partial charge in [0.2, 0.25) is 0 Å². The fraction of sp³-hybridized carbons (Fsp3) is 0. The van der Waals surface area contributed by atoms with Crippen LogP contribution in [0.2, 0.25) is 0 Å². The van der Waals surface area contributed by atoms with E-state index >= 15 is 0 Å². The summed E-state index contributed by atoms with van der Waals surface area (Å²) >= 11 is 0. The molecule has 96 heavy (non-hydrogen) atoms. The quantitative estimate of drug-likeness (QED) is 0.166. The Morgan fingerprint density at radius 2 is 0.500 bits per heavy atom. The highest BCUT2D eigenvalue weighted by atomic mass is 16.3. The van der Waals surface area contributed by atoms with Crippen molar-refractivity contribution in [2.24, 2.45) is 0 Å². The molecule has 0 N–H and O–H groups in total. The summed E-state index contributed by atoms with van der Waals surface area (Å²) < 4.78 is 26.5. The highest BCUT2D eigenvalue weighted by Crippen LogP contribution is 2.44. The van der Waals surface area contributed by atoms with Crippen LogP contribution in [0, 0.1) is 0 Å². The zero-order chi connectivity index (χ0) is 62.4. The van der Waals surface area contributed by atoms with Gasteiger partial charge >= 0.3 is 0 Å². The molecule has 444 valence electrons. The number of furan rings is 3. The van der Waals surface area contributed by atoms with E-state index < -0.39 is 0 Å². The molecule has 8 heteroatoms. The van der Waals surface area contributed by atoms with Gasteiger partial charge in [-0.05, 0) is 148 Å². The summed E-state index contributed by atoms with van der Waals surface area (Å²) in [4.78, 5) is 11.0. The molecule has 0 aliphatic carbocycles. The molecule has 0 aliphatic heterocycles. The van der Waals surface area contributed by atoms with E-state index in [9.17, 15) is 0 Å². The molecule has 0 atom stereocenters. The molecule has 0 bridgehead atoms. The number of nitrogens with zero attached hydrogens (tertiary/aromatic N) is 5. The Morgan fingerprint density at radius 1 is 0.198 bits per heavy atom. The molecule has 0 amide bonds. The van der Waals surface area contributed by atoms with Gasteiger partial charge in [-0.1, -0.05) is 164 Å². The SMILES string of the molecule is c1ccc2c(c1)oc1cc3c(cc12)c1ccccc1n3-c1ccc2cc(-c3cc(-c4ccc5cc(-n6c7ccccc7c7cc8c(cc76)oc6ccccc68)ccc5c4)nc(-c4ccc5cc(-n6c7ccccc7c7cc8c(cc76)oc6ccccc68)ccc5c4)n3)ccc2c1. The van der Waals surface area contributed by atoms with Gasteiger partial charge < -0.3 is 27.0 Å². The molecule has 0 unspecified atom stereocenters. The third kappa shape index (κ3) is 7.49. The molecule has 8 nitrogen and oxygen atoms in total. The summed E-state index contributed by atoms with van der Waals surface area (Å²) in [6.45, 7) is 0. The van der Waals surface area contributed by atoms with Crippen molar-refractivity contribution in [3.63, 3.8) is 0 Å². The molecule has 0 spiro atoms. The van der Waals surface area contributed by atoms with E-state index in [1.807, 2.05) is 36.4 Å². The van der Waals surface area contributed by atoms with E-state index in [1.165, 1.54) is 32.3 Å². The Bertz CT molecular complexity index is 6480. The van der Waals surface area contributed by atoms with Crippen molar-refractivity contribution < 1.29 is 13.3 Å². The molecule has 22 aromatic rings. The first-order valence-corrected chi connectivity index (χ1v) is 32.6. The maximum atomic E-state index is 6.47. The molecule has 0 radical (unpaired) electrons. The van der Waals surface area contributed by atoms with Gasteiger partial charge in [-0.2, -0.15) is 0 Å². The molecule has 22 rings (SSSR count). The van der Waals surface area contributed by atoms with Gasteiger partial charge in [-0.25, -0.2) is 9.97 Å². The molecule has 7 heterocycles. The number of fused-ring (bicyclic) bond motifs is 21. The topological polar surface area (TPSA) is 80.0 Å². The van der Waals surface area contributed by atoms with Crippen molar-refractivity contribution in [3.8, 4) is 51.0 Å². The van der Waals surface area contributed by atoms with Gasteiger partial charge in [0, 0.05) is 117 Å². The van der Waals surface area contributed by atoms with Crippen LogP contribution in [0.15, 0.2) is 311 Å². The van der Waals surface area contributed by atoms with Gasteiger partial charge in [-0.15, -0.1) is 0 Å². The van der Waals surface area contributed by atoms with Crippen molar-refractivity contribution in [2.45, 2.75) is 0 Å². The van der Waals surface area contributed by atoms with E-state index in [1.54, 1.807) is 0 Å². The summed E-state index contributed by atoms with van der Waals surface area (Å²) in [7, 11) is 0. The lowest BCUT2D eigenvalue weighted by molar-refractivity contribution is 0.669. The second-order valence-corrected chi connectivity index (χ2v) is 25.6. The van der Waals surface area contributed by atoms with Gasteiger partial charge in [-0.3, -0.25) is 0 Å². The average Bonchev–Trinajstić information content (AvgIpc) is 1.58. The maximum absolute atomic E-state index is 6.47. The van der Waals surface area contributed by atoms with Crippen LogP contribution in [0.3, 0.4) is 0 Å². The van der Waals surface area contributed by atoms with Gasteiger partial charge in [0.05, 0.1) is 44.5 Å². The largest absolute Gasteiger partial charge is 0.456 e. The molecule has 0 saturated carbocycles.